The van der Waals surface area contributed by atoms with E-state index in [2.05, 4.69) is 10.3 Å². The average molecular weight is 199 g/mol. The molecule has 82 valence electrons. The molecular formula is C10H21N3O. The van der Waals surface area contributed by atoms with Crippen LogP contribution >= 0.6 is 0 Å². The molecule has 0 saturated heterocycles. The summed E-state index contributed by atoms with van der Waals surface area (Å²) in [5, 5.41) is 2.95. The minimum atomic E-state index is 0.477. The van der Waals surface area contributed by atoms with E-state index in [0.29, 0.717) is 25.2 Å². The summed E-state index contributed by atoms with van der Waals surface area (Å²) in [6.45, 7) is 4.17. The summed E-state index contributed by atoms with van der Waals surface area (Å²) in [7, 11) is 0. The van der Waals surface area contributed by atoms with E-state index in [4.69, 9.17) is 10.5 Å². The standard InChI is InChI=1S/C10H21N3O/c1-2-12-10(11)13-7-8-14-9-5-3-4-6-9/h9H,2-8H2,1H3,(H3,11,12,13). The summed E-state index contributed by atoms with van der Waals surface area (Å²) in [5.41, 5.74) is 5.56. The average Bonchev–Trinajstić information content (AvgIpc) is 2.65. The number of nitrogens with zero attached hydrogens (tertiary/aromatic N) is 1. The van der Waals surface area contributed by atoms with E-state index in [-0.39, 0.29) is 0 Å². The minimum absolute atomic E-state index is 0.477. The molecule has 1 fully saturated rings. The van der Waals surface area contributed by atoms with Crippen LogP contribution in [0, 0.1) is 0 Å². The molecule has 1 aliphatic rings. The largest absolute Gasteiger partial charge is 0.376 e. The molecule has 1 aliphatic carbocycles. The Balaban J connectivity index is 2.00. The molecule has 0 radical (unpaired) electrons. The maximum atomic E-state index is 5.64. The van der Waals surface area contributed by atoms with Gasteiger partial charge in [0.15, 0.2) is 5.96 Å². The summed E-state index contributed by atoms with van der Waals surface area (Å²) >= 11 is 0. The van der Waals surface area contributed by atoms with Gasteiger partial charge in [0.2, 0.25) is 0 Å². The van der Waals surface area contributed by atoms with Gasteiger partial charge < -0.3 is 15.8 Å². The lowest BCUT2D eigenvalue weighted by atomic mass is 10.3. The molecule has 1 saturated carbocycles. The Kier molecular flexibility index (Phi) is 5.37. The van der Waals surface area contributed by atoms with E-state index < -0.39 is 0 Å². The third-order valence-corrected chi connectivity index (χ3v) is 2.39. The van der Waals surface area contributed by atoms with E-state index in [0.717, 1.165) is 6.54 Å². The van der Waals surface area contributed by atoms with Crippen molar-refractivity contribution in [3.05, 3.63) is 0 Å². The van der Waals surface area contributed by atoms with Crippen molar-refractivity contribution in [1.29, 1.82) is 0 Å². The van der Waals surface area contributed by atoms with Gasteiger partial charge in [0, 0.05) is 6.54 Å². The number of nitrogens with two attached hydrogens (primary N) is 1. The molecule has 0 aromatic rings. The van der Waals surface area contributed by atoms with Crippen LogP contribution in [0.4, 0.5) is 0 Å². The van der Waals surface area contributed by atoms with Gasteiger partial charge in [-0.3, -0.25) is 4.99 Å². The fourth-order valence-corrected chi connectivity index (χ4v) is 1.68. The highest BCUT2D eigenvalue weighted by atomic mass is 16.5. The summed E-state index contributed by atoms with van der Waals surface area (Å²) in [6.07, 6.45) is 5.53. The highest BCUT2D eigenvalue weighted by Crippen LogP contribution is 2.20. The fourth-order valence-electron chi connectivity index (χ4n) is 1.68. The number of hydrogen-bond donors (Lipinski definition) is 2. The first-order chi connectivity index (χ1) is 6.83. The monoisotopic (exact) mass is 199 g/mol. The topological polar surface area (TPSA) is 59.6 Å². The predicted molar refractivity (Wildman–Crippen MR) is 58.4 cm³/mol. The first-order valence-corrected chi connectivity index (χ1v) is 5.48. The van der Waals surface area contributed by atoms with Gasteiger partial charge in [0.25, 0.3) is 0 Å². The molecule has 0 spiro atoms. The highest BCUT2D eigenvalue weighted by molar-refractivity contribution is 5.77. The van der Waals surface area contributed by atoms with Crippen LogP contribution in [-0.2, 0) is 4.74 Å². The first-order valence-electron chi connectivity index (χ1n) is 5.48. The summed E-state index contributed by atoms with van der Waals surface area (Å²) in [6, 6.07) is 0. The lowest BCUT2D eigenvalue weighted by Crippen LogP contribution is -2.31. The smallest absolute Gasteiger partial charge is 0.188 e. The lowest BCUT2D eigenvalue weighted by Gasteiger charge is -2.09. The van der Waals surface area contributed by atoms with Crippen LogP contribution in [0.5, 0.6) is 0 Å². The zero-order chi connectivity index (χ0) is 10.2. The number of hydrogen-bond acceptors (Lipinski definition) is 2. The van der Waals surface area contributed by atoms with E-state index >= 15 is 0 Å². The predicted octanol–water partition coefficient (Wildman–Crippen LogP) is 0.870. The van der Waals surface area contributed by atoms with Crippen molar-refractivity contribution in [2.75, 3.05) is 19.7 Å². The molecule has 1 rings (SSSR count). The van der Waals surface area contributed by atoms with E-state index in [1.54, 1.807) is 0 Å². The molecule has 0 heterocycles. The maximum Gasteiger partial charge on any atom is 0.188 e. The van der Waals surface area contributed by atoms with E-state index in [9.17, 15) is 0 Å². The molecule has 3 N–H and O–H groups in total. The van der Waals surface area contributed by atoms with E-state index in [1.165, 1.54) is 25.7 Å². The summed E-state index contributed by atoms with van der Waals surface area (Å²) < 4.78 is 5.64. The Morgan fingerprint density at radius 1 is 1.50 bits per heavy atom. The van der Waals surface area contributed by atoms with Crippen molar-refractivity contribution < 1.29 is 4.74 Å². The Bertz CT molecular complexity index is 176. The Morgan fingerprint density at radius 3 is 2.86 bits per heavy atom. The van der Waals surface area contributed by atoms with Crippen molar-refractivity contribution in [2.45, 2.75) is 38.7 Å². The molecule has 0 aromatic carbocycles. The number of guanidine groups is 1. The van der Waals surface area contributed by atoms with Gasteiger partial charge in [-0.05, 0) is 19.8 Å². The Labute approximate surface area is 85.9 Å². The third-order valence-electron chi connectivity index (χ3n) is 2.39. The Hall–Kier alpha value is -0.770. The van der Waals surface area contributed by atoms with Gasteiger partial charge >= 0.3 is 0 Å². The highest BCUT2D eigenvalue weighted by Gasteiger charge is 2.14. The second kappa shape index (κ2) is 6.65. The third kappa shape index (κ3) is 4.46. The van der Waals surface area contributed by atoms with Crippen molar-refractivity contribution in [2.24, 2.45) is 10.7 Å². The SMILES string of the molecule is CCNC(N)=NCCOC1CCCC1. The summed E-state index contributed by atoms with van der Waals surface area (Å²) in [5.74, 6) is 0.516. The van der Waals surface area contributed by atoms with Gasteiger partial charge in [-0.25, -0.2) is 0 Å². The van der Waals surface area contributed by atoms with Crippen molar-refractivity contribution in [1.82, 2.24) is 5.32 Å². The molecular weight excluding hydrogens is 178 g/mol. The number of rotatable bonds is 5. The number of aliphatic imine (C=N–C) groups is 1. The van der Waals surface area contributed by atoms with Crippen molar-refractivity contribution >= 4 is 5.96 Å². The quantitative estimate of drug-likeness (QED) is 0.392. The molecule has 0 unspecified atom stereocenters. The van der Waals surface area contributed by atoms with Crippen molar-refractivity contribution in [3.63, 3.8) is 0 Å². The molecule has 14 heavy (non-hydrogen) atoms. The second-order valence-corrected chi connectivity index (χ2v) is 3.57. The fraction of sp³-hybridized carbons (Fsp3) is 0.900. The van der Waals surface area contributed by atoms with Crippen molar-refractivity contribution in [3.8, 4) is 0 Å². The van der Waals surface area contributed by atoms with Crippen LogP contribution in [-0.4, -0.2) is 31.8 Å². The first kappa shape index (κ1) is 11.3. The normalized spacial score (nSPS) is 18.8. The van der Waals surface area contributed by atoms with Gasteiger partial charge in [0.05, 0.1) is 19.3 Å². The van der Waals surface area contributed by atoms with Crippen LogP contribution in [0.2, 0.25) is 0 Å². The van der Waals surface area contributed by atoms with E-state index in [1.807, 2.05) is 6.92 Å². The van der Waals surface area contributed by atoms with Crippen LogP contribution in [0.15, 0.2) is 4.99 Å². The van der Waals surface area contributed by atoms with Crippen LogP contribution in [0.3, 0.4) is 0 Å². The summed E-state index contributed by atoms with van der Waals surface area (Å²) in [4.78, 5) is 4.13. The number of ether oxygens (including phenoxy) is 1. The van der Waals surface area contributed by atoms with Gasteiger partial charge in [-0.1, -0.05) is 12.8 Å². The van der Waals surface area contributed by atoms with Gasteiger partial charge in [-0.15, -0.1) is 0 Å². The molecule has 0 bridgehead atoms. The second-order valence-electron chi connectivity index (χ2n) is 3.57. The number of nitrogens with one attached hydrogen (secondary N) is 1. The molecule has 4 nitrogen and oxygen atoms in total. The zero-order valence-corrected chi connectivity index (χ0v) is 8.96. The molecule has 0 atom stereocenters. The molecule has 0 amide bonds. The van der Waals surface area contributed by atoms with Gasteiger partial charge in [-0.2, -0.15) is 0 Å². The van der Waals surface area contributed by atoms with Gasteiger partial charge in [0.1, 0.15) is 0 Å². The maximum absolute atomic E-state index is 5.64. The van der Waals surface area contributed by atoms with Crippen LogP contribution < -0.4 is 11.1 Å². The van der Waals surface area contributed by atoms with Crippen LogP contribution in [0.25, 0.3) is 0 Å². The zero-order valence-electron chi connectivity index (χ0n) is 8.96. The van der Waals surface area contributed by atoms with Crippen LogP contribution in [0.1, 0.15) is 32.6 Å². The minimum Gasteiger partial charge on any atom is -0.376 e. The molecule has 4 heteroatoms. The lowest BCUT2D eigenvalue weighted by molar-refractivity contribution is 0.0643. The molecule has 0 aliphatic heterocycles. The molecule has 0 aromatic heterocycles. The Morgan fingerprint density at radius 2 is 2.21 bits per heavy atom.